The van der Waals surface area contributed by atoms with Crippen LogP contribution < -0.4 is 0 Å². The van der Waals surface area contributed by atoms with Crippen molar-refractivity contribution in [2.24, 2.45) is 0 Å². The number of hydrogen-bond acceptors (Lipinski definition) is 3. The van der Waals surface area contributed by atoms with Crippen LogP contribution in [0.2, 0.25) is 0 Å². The molecule has 0 aliphatic rings. The maximum absolute atomic E-state index is 12.6. The zero-order valence-electron chi connectivity index (χ0n) is 8.38. The molecule has 0 spiro atoms. The van der Waals surface area contributed by atoms with E-state index in [1.54, 1.807) is 6.07 Å². The lowest BCUT2D eigenvalue weighted by atomic mass is 9.97. The Morgan fingerprint density at radius 1 is 1.29 bits per heavy atom. The van der Waals surface area contributed by atoms with E-state index in [4.69, 9.17) is 10.5 Å². The highest BCUT2D eigenvalue weighted by Gasteiger charge is 2.34. The third kappa shape index (κ3) is 2.61. The third-order valence-corrected chi connectivity index (χ3v) is 2.10. The fraction of sp³-hybridized carbons (Fsp3) is 0.182. The first-order valence-corrected chi connectivity index (χ1v) is 4.40. The zero-order chi connectivity index (χ0) is 13.1. The summed E-state index contributed by atoms with van der Waals surface area (Å²) in [5.74, 6) is 0. The highest BCUT2D eigenvalue weighted by atomic mass is 19.4. The number of hydrogen-bond donors (Lipinski definition) is 0. The highest BCUT2D eigenvalue weighted by Crippen LogP contribution is 2.33. The number of carbonyl (C=O) groups is 1. The van der Waals surface area contributed by atoms with Crippen LogP contribution in [0.25, 0.3) is 0 Å². The topological polar surface area (TPSA) is 64.7 Å². The Morgan fingerprint density at radius 3 is 2.35 bits per heavy atom. The lowest BCUT2D eigenvalue weighted by molar-refractivity contribution is -0.138. The van der Waals surface area contributed by atoms with Crippen molar-refractivity contribution in [3.05, 3.63) is 34.4 Å². The summed E-state index contributed by atoms with van der Waals surface area (Å²) in [5.41, 5.74) is -1.86. The average Bonchev–Trinajstić information content (AvgIpc) is 2.27. The van der Waals surface area contributed by atoms with Gasteiger partial charge in [-0.25, -0.2) is 0 Å². The van der Waals surface area contributed by atoms with Gasteiger partial charge in [-0.2, -0.15) is 23.7 Å². The van der Waals surface area contributed by atoms with Crippen molar-refractivity contribution in [1.29, 1.82) is 10.5 Å². The molecule has 86 valence electrons. The number of alkyl halides is 3. The predicted molar refractivity (Wildman–Crippen MR) is 50.9 cm³/mol. The molecule has 6 heteroatoms. The first-order valence-electron chi connectivity index (χ1n) is 4.40. The maximum atomic E-state index is 12.6. The van der Waals surface area contributed by atoms with E-state index in [0.717, 1.165) is 6.07 Å². The summed E-state index contributed by atoms with van der Waals surface area (Å²) in [5, 5.41) is 17.0. The molecule has 1 aromatic carbocycles. The normalized spacial score (nSPS) is 10.4. The van der Waals surface area contributed by atoms with E-state index in [0.29, 0.717) is 12.4 Å². The van der Waals surface area contributed by atoms with Crippen molar-refractivity contribution in [2.45, 2.75) is 12.6 Å². The molecule has 0 bridgehead atoms. The van der Waals surface area contributed by atoms with Crippen LogP contribution in [0.4, 0.5) is 13.2 Å². The van der Waals surface area contributed by atoms with E-state index in [2.05, 4.69) is 0 Å². The van der Waals surface area contributed by atoms with Gasteiger partial charge < -0.3 is 0 Å². The van der Waals surface area contributed by atoms with Crippen molar-refractivity contribution in [2.75, 3.05) is 0 Å². The SMILES string of the molecule is N#CCc1cc(C=O)c(C#N)cc1C(F)(F)F. The minimum absolute atomic E-state index is 0.147. The second-order valence-electron chi connectivity index (χ2n) is 3.16. The largest absolute Gasteiger partial charge is 0.416 e. The van der Waals surface area contributed by atoms with E-state index in [1.165, 1.54) is 6.07 Å². The Balaban J connectivity index is 3.54. The van der Waals surface area contributed by atoms with Gasteiger partial charge in [0.25, 0.3) is 0 Å². The van der Waals surface area contributed by atoms with Crippen LogP contribution in [-0.4, -0.2) is 6.29 Å². The van der Waals surface area contributed by atoms with Crippen LogP contribution in [0.3, 0.4) is 0 Å². The molecule has 0 aromatic heterocycles. The first kappa shape index (κ1) is 12.7. The van der Waals surface area contributed by atoms with E-state index < -0.39 is 18.2 Å². The Bertz CT molecular complexity index is 535. The Hall–Kier alpha value is -2.34. The molecule has 0 aliphatic heterocycles. The summed E-state index contributed by atoms with van der Waals surface area (Å²) >= 11 is 0. The molecule has 3 nitrogen and oxygen atoms in total. The van der Waals surface area contributed by atoms with E-state index in [-0.39, 0.29) is 16.7 Å². The standard InChI is InChI=1S/C11H5F3N2O/c12-11(13,14)10-4-8(5-16)9(6-17)3-7(10)1-2-15/h3-4,6H,1H2. The lowest BCUT2D eigenvalue weighted by Crippen LogP contribution is -2.10. The minimum atomic E-state index is -4.65. The van der Waals surface area contributed by atoms with E-state index >= 15 is 0 Å². The minimum Gasteiger partial charge on any atom is -0.298 e. The fourth-order valence-corrected chi connectivity index (χ4v) is 1.35. The van der Waals surface area contributed by atoms with Crippen molar-refractivity contribution in [3.8, 4) is 12.1 Å². The third-order valence-electron chi connectivity index (χ3n) is 2.10. The molecule has 17 heavy (non-hydrogen) atoms. The predicted octanol–water partition coefficient (Wildman–Crippen LogP) is 2.46. The first-order chi connectivity index (χ1) is 7.93. The molecule has 0 atom stereocenters. The number of nitriles is 2. The second kappa shape index (κ2) is 4.67. The molecular weight excluding hydrogens is 233 g/mol. The second-order valence-corrected chi connectivity index (χ2v) is 3.16. The van der Waals surface area contributed by atoms with Crippen LogP contribution in [-0.2, 0) is 12.6 Å². The number of benzene rings is 1. The molecule has 0 saturated carbocycles. The summed E-state index contributed by atoms with van der Waals surface area (Å²) < 4.78 is 37.8. The fourth-order valence-electron chi connectivity index (χ4n) is 1.35. The van der Waals surface area contributed by atoms with Crippen molar-refractivity contribution < 1.29 is 18.0 Å². The number of rotatable bonds is 2. The van der Waals surface area contributed by atoms with Gasteiger partial charge in [0.15, 0.2) is 6.29 Å². The van der Waals surface area contributed by atoms with E-state index in [1.807, 2.05) is 0 Å². The number of carbonyl (C=O) groups excluding carboxylic acids is 1. The molecule has 0 unspecified atom stereocenters. The lowest BCUT2D eigenvalue weighted by Gasteiger charge is -2.12. The highest BCUT2D eigenvalue weighted by molar-refractivity contribution is 5.80. The van der Waals surface area contributed by atoms with Gasteiger partial charge in [-0.3, -0.25) is 4.79 Å². The van der Waals surface area contributed by atoms with Gasteiger partial charge in [0.1, 0.15) is 0 Å². The molecule has 0 fully saturated rings. The molecule has 0 N–H and O–H groups in total. The van der Waals surface area contributed by atoms with Crippen molar-refractivity contribution >= 4 is 6.29 Å². The van der Waals surface area contributed by atoms with Crippen molar-refractivity contribution in [3.63, 3.8) is 0 Å². The van der Waals surface area contributed by atoms with E-state index in [9.17, 15) is 18.0 Å². The molecule has 0 radical (unpaired) electrons. The Morgan fingerprint density at radius 2 is 1.94 bits per heavy atom. The summed E-state index contributed by atoms with van der Waals surface area (Å²) in [6, 6.07) is 4.62. The molecule has 0 saturated heterocycles. The maximum Gasteiger partial charge on any atom is 0.416 e. The van der Waals surface area contributed by atoms with Gasteiger partial charge in [-0.1, -0.05) is 0 Å². The van der Waals surface area contributed by atoms with Gasteiger partial charge in [-0.05, 0) is 17.7 Å². The molecule has 1 rings (SSSR count). The molecular formula is C11H5F3N2O. The smallest absolute Gasteiger partial charge is 0.298 e. The zero-order valence-corrected chi connectivity index (χ0v) is 8.38. The van der Waals surface area contributed by atoms with Crippen LogP contribution in [0.5, 0.6) is 0 Å². The molecule has 0 heterocycles. The average molecular weight is 238 g/mol. The number of halogens is 3. The molecule has 0 aliphatic carbocycles. The van der Waals surface area contributed by atoms with Crippen LogP contribution >= 0.6 is 0 Å². The van der Waals surface area contributed by atoms with Gasteiger partial charge >= 0.3 is 6.18 Å². The summed E-state index contributed by atoms with van der Waals surface area (Å²) in [7, 11) is 0. The monoisotopic (exact) mass is 238 g/mol. The quantitative estimate of drug-likeness (QED) is 0.743. The Labute approximate surface area is 94.7 Å². The van der Waals surface area contributed by atoms with Crippen LogP contribution in [0, 0.1) is 22.7 Å². The summed E-state index contributed by atoms with van der Waals surface area (Å²) in [6.07, 6.45) is -4.83. The van der Waals surface area contributed by atoms with Gasteiger partial charge in [0.2, 0.25) is 0 Å². The van der Waals surface area contributed by atoms with Crippen molar-refractivity contribution in [1.82, 2.24) is 0 Å². The van der Waals surface area contributed by atoms with Crippen LogP contribution in [0.15, 0.2) is 12.1 Å². The molecule has 0 amide bonds. The van der Waals surface area contributed by atoms with Gasteiger partial charge in [0.05, 0.1) is 29.7 Å². The Kier molecular flexibility index (Phi) is 3.49. The van der Waals surface area contributed by atoms with Gasteiger partial charge in [0, 0.05) is 5.56 Å². The van der Waals surface area contributed by atoms with Gasteiger partial charge in [-0.15, -0.1) is 0 Å². The summed E-state index contributed by atoms with van der Waals surface area (Å²) in [4.78, 5) is 10.6. The summed E-state index contributed by atoms with van der Waals surface area (Å²) in [6.45, 7) is 0. The number of aldehydes is 1. The number of nitrogens with zero attached hydrogens (tertiary/aromatic N) is 2. The molecule has 1 aromatic rings. The van der Waals surface area contributed by atoms with Crippen LogP contribution in [0.1, 0.15) is 27.0 Å².